The number of hydrogen-bond acceptors (Lipinski definition) is 4. The topological polar surface area (TPSA) is 83.6 Å². The summed E-state index contributed by atoms with van der Waals surface area (Å²) in [5, 5.41) is 16.1. The Morgan fingerprint density at radius 2 is 1.78 bits per heavy atom. The van der Waals surface area contributed by atoms with Gasteiger partial charge in [0.2, 0.25) is 0 Å². The number of aldehydes is 1. The molecule has 0 amide bonds. The minimum absolute atomic E-state index is 0.0373. The summed E-state index contributed by atoms with van der Waals surface area (Å²) in [6.45, 7) is 3.77. The molecule has 0 spiro atoms. The lowest BCUT2D eigenvalue weighted by Gasteiger charge is -2.21. The standard InChI is InChI=1S/C13H19NO2.CH4O/c1-13(2,9-15)8-11(14)7-10-3-5-12(16)6-4-10;1-2/h3-6,9,11,16H,7-8,14H2,1-2H3;2H,1H3. The number of phenolic OH excluding ortho intramolecular Hbond substituents is 1. The zero-order valence-electron chi connectivity index (χ0n) is 11.3. The van der Waals surface area contributed by atoms with Crippen LogP contribution in [0.1, 0.15) is 25.8 Å². The van der Waals surface area contributed by atoms with Crippen LogP contribution in [0.2, 0.25) is 0 Å². The van der Waals surface area contributed by atoms with Gasteiger partial charge in [-0.25, -0.2) is 0 Å². The van der Waals surface area contributed by atoms with E-state index in [1.54, 1.807) is 12.1 Å². The maximum absolute atomic E-state index is 10.8. The van der Waals surface area contributed by atoms with Crippen LogP contribution in [0.5, 0.6) is 5.75 Å². The van der Waals surface area contributed by atoms with Gasteiger partial charge in [0.15, 0.2) is 0 Å². The number of hydrogen-bond donors (Lipinski definition) is 3. The first-order valence-corrected chi connectivity index (χ1v) is 5.87. The molecule has 4 nitrogen and oxygen atoms in total. The highest BCUT2D eigenvalue weighted by Crippen LogP contribution is 2.20. The van der Waals surface area contributed by atoms with Gasteiger partial charge in [0.1, 0.15) is 12.0 Å². The van der Waals surface area contributed by atoms with Gasteiger partial charge in [-0.2, -0.15) is 0 Å². The van der Waals surface area contributed by atoms with Crippen LogP contribution in [0, 0.1) is 5.41 Å². The molecule has 0 saturated carbocycles. The Morgan fingerprint density at radius 1 is 1.28 bits per heavy atom. The molecule has 0 heterocycles. The maximum atomic E-state index is 10.8. The van der Waals surface area contributed by atoms with E-state index in [-0.39, 0.29) is 17.2 Å². The maximum Gasteiger partial charge on any atom is 0.125 e. The van der Waals surface area contributed by atoms with Crippen LogP contribution in [0.15, 0.2) is 24.3 Å². The number of carbonyl (C=O) groups excluding carboxylic acids is 1. The molecule has 1 unspecified atom stereocenters. The molecule has 1 rings (SSSR count). The smallest absolute Gasteiger partial charge is 0.125 e. The quantitative estimate of drug-likeness (QED) is 0.694. The lowest BCUT2D eigenvalue weighted by Crippen LogP contribution is -2.30. The molecule has 0 saturated heterocycles. The van der Waals surface area contributed by atoms with E-state index < -0.39 is 0 Å². The molecule has 1 aromatic rings. The molecule has 0 fully saturated rings. The Labute approximate surface area is 108 Å². The van der Waals surface area contributed by atoms with Gasteiger partial charge in [-0.05, 0) is 30.5 Å². The predicted molar refractivity (Wildman–Crippen MR) is 72.4 cm³/mol. The first-order chi connectivity index (χ1) is 8.43. The van der Waals surface area contributed by atoms with Crippen molar-refractivity contribution in [2.75, 3.05) is 7.11 Å². The highest BCUT2D eigenvalue weighted by atomic mass is 16.3. The van der Waals surface area contributed by atoms with Crippen molar-refractivity contribution in [2.24, 2.45) is 11.1 Å². The van der Waals surface area contributed by atoms with Gasteiger partial charge in [-0.15, -0.1) is 0 Å². The van der Waals surface area contributed by atoms with Crippen LogP contribution in [0.3, 0.4) is 0 Å². The lowest BCUT2D eigenvalue weighted by atomic mass is 9.86. The number of benzene rings is 1. The molecular weight excluding hydrogens is 230 g/mol. The first kappa shape index (κ1) is 16.6. The van der Waals surface area contributed by atoms with E-state index in [4.69, 9.17) is 15.9 Å². The highest BCUT2D eigenvalue weighted by molar-refractivity contribution is 5.57. The van der Waals surface area contributed by atoms with Gasteiger partial charge in [-0.1, -0.05) is 26.0 Å². The molecule has 0 bridgehead atoms. The molecule has 102 valence electrons. The largest absolute Gasteiger partial charge is 0.508 e. The molecule has 1 atom stereocenters. The van der Waals surface area contributed by atoms with Gasteiger partial charge in [0.05, 0.1) is 0 Å². The van der Waals surface area contributed by atoms with Crippen LogP contribution >= 0.6 is 0 Å². The number of phenols is 1. The minimum atomic E-state index is -0.365. The number of aliphatic hydroxyl groups is 1. The normalized spacial score (nSPS) is 12.3. The van der Waals surface area contributed by atoms with Crippen LogP contribution in [-0.4, -0.2) is 29.7 Å². The van der Waals surface area contributed by atoms with E-state index in [0.29, 0.717) is 6.42 Å². The van der Waals surface area contributed by atoms with Crippen molar-refractivity contribution in [1.82, 2.24) is 0 Å². The molecule has 0 aromatic heterocycles. The monoisotopic (exact) mass is 253 g/mol. The summed E-state index contributed by atoms with van der Waals surface area (Å²) in [5.41, 5.74) is 6.70. The number of rotatable bonds is 5. The average molecular weight is 253 g/mol. The Bertz CT molecular complexity index is 347. The number of aromatic hydroxyl groups is 1. The van der Waals surface area contributed by atoms with E-state index in [1.807, 2.05) is 26.0 Å². The van der Waals surface area contributed by atoms with E-state index in [2.05, 4.69) is 0 Å². The molecule has 0 aliphatic carbocycles. The van der Waals surface area contributed by atoms with Crippen molar-refractivity contribution in [3.05, 3.63) is 29.8 Å². The minimum Gasteiger partial charge on any atom is -0.508 e. The van der Waals surface area contributed by atoms with Crippen molar-refractivity contribution in [1.29, 1.82) is 0 Å². The summed E-state index contributed by atoms with van der Waals surface area (Å²) >= 11 is 0. The van der Waals surface area contributed by atoms with Crippen LogP contribution in [-0.2, 0) is 11.2 Å². The lowest BCUT2D eigenvalue weighted by molar-refractivity contribution is -0.115. The SMILES string of the molecule is CC(C)(C=O)CC(N)Cc1ccc(O)cc1.CO. The van der Waals surface area contributed by atoms with Gasteiger partial charge < -0.3 is 20.7 Å². The summed E-state index contributed by atoms with van der Waals surface area (Å²) in [6.07, 6.45) is 2.33. The first-order valence-electron chi connectivity index (χ1n) is 5.87. The van der Waals surface area contributed by atoms with Gasteiger partial charge in [0.25, 0.3) is 0 Å². The highest BCUT2D eigenvalue weighted by Gasteiger charge is 2.20. The van der Waals surface area contributed by atoms with Crippen molar-refractivity contribution < 1.29 is 15.0 Å². The van der Waals surface area contributed by atoms with E-state index >= 15 is 0 Å². The molecule has 1 aromatic carbocycles. The third-order valence-corrected chi connectivity index (χ3v) is 2.54. The van der Waals surface area contributed by atoms with E-state index in [0.717, 1.165) is 25.4 Å². The summed E-state index contributed by atoms with van der Waals surface area (Å²) < 4.78 is 0. The molecule has 4 N–H and O–H groups in total. The fourth-order valence-corrected chi connectivity index (χ4v) is 1.73. The zero-order valence-corrected chi connectivity index (χ0v) is 11.3. The molecule has 0 aliphatic heterocycles. The predicted octanol–water partition coefficient (Wildman–Crippen LogP) is 1.49. The van der Waals surface area contributed by atoms with E-state index in [9.17, 15) is 4.79 Å². The van der Waals surface area contributed by atoms with Crippen LogP contribution < -0.4 is 5.73 Å². The molecule has 0 aliphatic rings. The summed E-state index contributed by atoms with van der Waals surface area (Å²) in [5.74, 6) is 0.255. The zero-order chi connectivity index (χ0) is 14.2. The van der Waals surface area contributed by atoms with Gasteiger partial charge in [0, 0.05) is 18.6 Å². The second kappa shape index (κ2) is 7.84. The van der Waals surface area contributed by atoms with Gasteiger partial charge >= 0.3 is 0 Å². The third-order valence-electron chi connectivity index (χ3n) is 2.54. The van der Waals surface area contributed by atoms with E-state index in [1.165, 1.54) is 0 Å². The third kappa shape index (κ3) is 6.37. The fourth-order valence-electron chi connectivity index (χ4n) is 1.73. The Morgan fingerprint density at radius 3 is 2.22 bits per heavy atom. The molecule has 4 heteroatoms. The molecule has 18 heavy (non-hydrogen) atoms. The van der Waals surface area contributed by atoms with Crippen molar-refractivity contribution in [3.8, 4) is 5.75 Å². The van der Waals surface area contributed by atoms with Crippen molar-refractivity contribution >= 4 is 6.29 Å². The number of carbonyl (C=O) groups is 1. The molecular formula is C14H23NO3. The molecule has 0 radical (unpaired) electrons. The average Bonchev–Trinajstić information content (AvgIpc) is 2.34. The Balaban J connectivity index is 0.00000137. The van der Waals surface area contributed by atoms with Gasteiger partial charge in [-0.3, -0.25) is 0 Å². The summed E-state index contributed by atoms with van der Waals surface area (Å²) in [6, 6.07) is 6.95. The second-order valence-corrected chi connectivity index (χ2v) is 4.94. The summed E-state index contributed by atoms with van der Waals surface area (Å²) in [4.78, 5) is 10.8. The van der Waals surface area contributed by atoms with Crippen LogP contribution in [0.4, 0.5) is 0 Å². The van der Waals surface area contributed by atoms with Crippen molar-refractivity contribution in [3.63, 3.8) is 0 Å². The number of aliphatic hydroxyl groups excluding tert-OH is 1. The fraction of sp³-hybridized carbons (Fsp3) is 0.500. The number of nitrogens with two attached hydrogens (primary N) is 1. The summed E-state index contributed by atoms with van der Waals surface area (Å²) in [7, 11) is 1.00. The van der Waals surface area contributed by atoms with Crippen molar-refractivity contribution in [2.45, 2.75) is 32.7 Å². The Hall–Kier alpha value is -1.39. The second-order valence-electron chi connectivity index (χ2n) is 4.94. The Kier molecular flexibility index (Phi) is 7.24. The van der Waals surface area contributed by atoms with Crippen LogP contribution in [0.25, 0.3) is 0 Å².